The monoisotopic (exact) mass is 484 g/mol. The third-order valence-electron chi connectivity index (χ3n) is 7.09. The summed E-state index contributed by atoms with van der Waals surface area (Å²) < 4.78 is 5.26. The van der Waals surface area contributed by atoms with Crippen molar-refractivity contribution in [2.75, 3.05) is 50.1 Å². The number of rotatable bonds is 10. The van der Waals surface area contributed by atoms with Crippen LogP contribution in [0.1, 0.15) is 24.0 Å². The zero-order valence-corrected chi connectivity index (χ0v) is 21.1. The predicted octanol–water partition coefficient (Wildman–Crippen LogP) is 4.62. The van der Waals surface area contributed by atoms with Crippen LogP contribution in [0, 0.1) is 0 Å². The molecule has 36 heavy (non-hydrogen) atoms. The van der Waals surface area contributed by atoms with Gasteiger partial charge in [0.15, 0.2) is 0 Å². The molecule has 1 heterocycles. The molecule has 0 unspecified atom stereocenters. The summed E-state index contributed by atoms with van der Waals surface area (Å²) in [6.07, 6.45) is 2.33. The quantitative estimate of drug-likeness (QED) is 0.455. The first-order valence-electron chi connectivity index (χ1n) is 12.9. The van der Waals surface area contributed by atoms with Crippen molar-refractivity contribution in [1.82, 2.24) is 9.80 Å². The van der Waals surface area contributed by atoms with Crippen LogP contribution in [0.2, 0.25) is 0 Å². The minimum atomic E-state index is 0.0395. The Kier molecular flexibility index (Phi) is 7.84. The molecule has 1 amide bonds. The van der Waals surface area contributed by atoms with Crippen LogP contribution >= 0.6 is 0 Å². The maximum Gasteiger partial charge on any atom is 0.238 e. The summed E-state index contributed by atoms with van der Waals surface area (Å²) in [7, 11) is 1.68. The van der Waals surface area contributed by atoms with E-state index in [2.05, 4.69) is 74.6 Å². The molecule has 1 N–H and O–H groups in total. The minimum Gasteiger partial charge on any atom is -0.497 e. The molecule has 0 spiro atoms. The summed E-state index contributed by atoms with van der Waals surface area (Å²) in [4.78, 5) is 20.0. The highest BCUT2D eigenvalue weighted by Gasteiger charge is 2.30. The van der Waals surface area contributed by atoms with Gasteiger partial charge >= 0.3 is 0 Å². The zero-order chi connectivity index (χ0) is 24.7. The molecule has 6 nitrogen and oxygen atoms in total. The fourth-order valence-corrected chi connectivity index (χ4v) is 4.87. The molecule has 188 valence electrons. The second-order valence-corrected chi connectivity index (χ2v) is 9.83. The SMILES string of the molecule is COc1ccc(CN(CC(=O)Nc2ccc(N3CCN(Cc4ccccc4)CC3)cc2)C2CC2)cc1. The topological polar surface area (TPSA) is 48.1 Å². The number of hydrogen-bond donors (Lipinski definition) is 1. The standard InChI is InChI=1S/C30H36N4O2/c1-36-29-15-7-25(8-16-29)22-34(28-13-14-28)23-30(35)31-26-9-11-27(12-10-26)33-19-17-32(18-20-33)21-24-5-3-2-4-6-24/h2-12,15-16,28H,13-14,17-23H2,1H3,(H,31,35). The van der Waals surface area contributed by atoms with Gasteiger partial charge in [-0.3, -0.25) is 14.6 Å². The Hall–Kier alpha value is -3.35. The van der Waals surface area contributed by atoms with E-state index in [0.29, 0.717) is 12.6 Å². The molecular weight excluding hydrogens is 448 g/mol. The predicted molar refractivity (Wildman–Crippen MR) is 145 cm³/mol. The van der Waals surface area contributed by atoms with E-state index in [1.54, 1.807) is 7.11 Å². The largest absolute Gasteiger partial charge is 0.497 e. The number of carbonyl (C=O) groups excluding carboxylic acids is 1. The van der Waals surface area contributed by atoms with Crippen LogP contribution in [0.4, 0.5) is 11.4 Å². The normalized spacial score (nSPS) is 16.2. The van der Waals surface area contributed by atoms with E-state index in [1.807, 2.05) is 24.3 Å². The van der Waals surface area contributed by atoms with Crippen LogP contribution in [0.5, 0.6) is 5.75 Å². The number of anilines is 2. The number of carbonyl (C=O) groups is 1. The smallest absolute Gasteiger partial charge is 0.238 e. The fraction of sp³-hybridized carbons (Fsp3) is 0.367. The third kappa shape index (κ3) is 6.65. The lowest BCUT2D eigenvalue weighted by atomic mass is 10.2. The van der Waals surface area contributed by atoms with Gasteiger partial charge in [-0.05, 0) is 60.4 Å². The van der Waals surface area contributed by atoms with E-state index in [1.165, 1.54) is 16.8 Å². The molecule has 0 aromatic heterocycles. The first-order chi connectivity index (χ1) is 17.7. The Labute approximate surface area is 214 Å². The average Bonchev–Trinajstić information content (AvgIpc) is 3.76. The van der Waals surface area contributed by atoms with Gasteiger partial charge in [0.2, 0.25) is 5.91 Å². The molecule has 0 bridgehead atoms. The van der Waals surface area contributed by atoms with E-state index < -0.39 is 0 Å². The summed E-state index contributed by atoms with van der Waals surface area (Å²) in [6.45, 7) is 6.33. The lowest BCUT2D eigenvalue weighted by molar-refractivity contribution is -0.117. The van der Waals surface area contributed by atoms with Crippen molar-refractivity contribution in [2.45, 2.75) is 32.0 Å². The van der Waals surface area contributed by atoms with Crippen molar-refractivity contribution in [3.63, 3.8) is 0 Å². The van der Waals surface area contributed by atoms with Crippen LogP contribution in [-0.4, -0.2) is 61.6 Å². The van der Waals surface area contributed by atoms with Gasteiger partial charge in [0.25, 0.3) is 0 Å². The molecule has 0 atom stereocenters. The van der Waals surface area contributed by atoms with E-state index in [9.17, 15) is 4.79 Å². The third-order valence-corrected chi connectivity index (χ3v) is 7.09. The van der Waals surface area contributed by atoms with Crippen LogP contribution in [0.15, 0.2) is 78.9 Å². The zero-order valence-electron chi connectivity index (χ0n) is 21.1. The lowest BCUT2D eigenvalue weighted by Crippen LogP contribution is -2.45. The van der Waals surface area contributed by atoms with Crippen LogP contribution < -0.4 is 15.0 Å². The highest BCUT2D eigenvalue weighted by molar-refractivity contribution is 5.92. The van der Waals surface area contributed by atoms with E-state index in [4.69, 9.17) is 4.74 Å². The number of piperazine rings is 1. The molecule has 6 heteroatoms. The van der Waals surface area contributed by atoms with Crippen LogP contribution in [0.3, 0.4) is 0 Å². The summed E-state index contributed by atoms with van der Waals surface area (Å²) in [5, 5.41) is 3.10. The van der Waals surface area contributed by atoms with Crippen molar-refractivity contribution in [3.8, 4) is 5.75 Å². The van der Waals surface area contributed by atoms with E-state index >= 15 is 0 Å². The summed E-state index contributed by atoms with van der Waals surface area (Å²) in [6, 6.07) is 27.6. The number of ether oxygens (including phenoxy) is 1. The van der Waals surface area contributed by atoms with Gasteiger partial charge < -0.3 is 15.0 Å². The Morgan fingerprint density at radius 3 is 2.22 bits per heavy atom. The number of hydrogen-bond acceptors (Lipinski definition) is 5. The Morgan fingerprint density at radius 1 is 0.889 bits per heavy atom. The Bertz CT molecular complexity index is 1110. The van der Waals surface area contributed by atoms with Crippen LogP contribution in [-0.2, 0) is 17.9 Å². The van der Waals surface area contributed by atoms with Crippen molar-refractivity contribution in [3.05, 3.63) is 90.0 Å². The van der Waals surface area contributed by atoms with Crippen LogP contribution in [0.25, 0.3) is 0 Å². The average molecular weight is 485 g/mol. The van der Waals surface area contributed by atoms with Gasteiger partial charge in [-0.1, -0.05) is 42.5 Å². The molecule has 2 fully saturated rings. The van der Waals surface area contributed by atoms with Gasteiger partial charge in [-0.15, -0.1) is 0 Å². The lowest BCUT2D eigenvalue weighted by Gasteiger charge is -2.36. The first-order valence-corrected chi connectivity index (χ1v) is 12.9. The van der Waals surface area contributed by atoms with Gasteiger partial charge in [-0.2, -0.15) is 0 Å². The van der Waals surface area contributed by atoms with E-state index in [-0.39, 0.29) is 5.91 Å². The van der Waals surface area contributed by atoms with Crippen molar-refractivity contribution < 1.29 is 9.53 Å². The van der Waals surface area contributed by atoms with Gasteiger partial charge in [0, 0.05) is 56.7 Å². The molecule has 1 aliphatic heterocycles. The number of methoxy groups -OCH3 is 1. The molecule has 3 aromatic rings. The summed E-state index contributed by atoms with van der Waals surface area (Å²) in [5.41, 5.74) is 4.64. The fourth-order valence-electron chi connectivity index (χ4n) is 4.87. The van der Waals surface area contributed by atoms with Crippen molar-refractivity contribution in [2.24, 2.45) is 0 Å². The minimum absolute atomic E-state index is 0.0395. The highest BCUT2D eigenvalue weighted by Crippen LogP contribution is 2.28. The van der Waals surface area contributed by atoms with Crippen molar-refractivity contribution >= 4 is 17.3 Å². The maximum atomic E-state index is 12.8. The number of amides is 1. The Morgan fingerprint density at radius 2 is 1.58 bits per heavy atom. The first kappa shape index (κ1) is 24.3. The molecule has 1 saturated heterocycles. The van der Waals surface area contributed by atoms with Crippen molar-refractivity contribution in [1.29, 1.82) is 0 Å². The second kappa shape index (κ2) is 11.6. The summed E-state index contributed by atoms with van der Waals surface area (Å²) in [5.74, 6) is 0.893. The number of benzene rings is 3. The maximum absolute atomic E-state index is 12.8. The second-order valence-electron chi connectivity index (χ2n) is 9.83. The molecule has 2 aliphatic rings. The van der Waals surface area contributed by atoms with Gasteiger partial charge in [-0.25, -0.2) is 0 Å². The number of nitrogens with one attached hydrogen (secondary N) is 1. The molecular formula is C30H36N4O2. The summed E-state index contributed by atoms with van der Waals surface area (Å²) >= 11 is 0. The Balaban J connectivity index is 1.10. The van der Waals surface area contributed by atoms with Gasteiger partial charge in [0.05, 0.1) is 13.7 Å². The molecule has 0 radical (unpaired) electrons. The molecule has 1 saturated carbocycles. The molecule has 1 aliphatic carbocycles. The highest BCUT2D eigenvalue weighted by atomic mass is 16.5. The van der Waals surface area contributed by atoms with E-state index in [0.717, 1.165) is 63.5 Å². The molecule has 5 rings (SSSR count). The number of nitrogens with zero attached hydrogens (tertiary/aromatic N) is 3. The molecule has 3 aromatic carbocycles. The van der Waals surface area contributed by atoms with Gasteiger partial charge in [0.1, 0.15) is 5.75 Å².